The summed E-state index contributed by atoms with van der Waals surface area (Å²) >= 11 is 0. The lowest BCUT2D eigenvalue weighted by atomic mass is 9.84. The molecule has 0 N–H and O–H groups in total. The normalized spacial score (nSPS) is 17.3. The fourth-order valence-electron chi connectivity index (χ4n) is 3.14. The van der Waals surface area contributed by atoms with Crippen LogP contribution in [0.3, 0.4) is 0 Å². The summed E-state index contributed by atoms with van der Waals surface area (Å²) in [7, 11) is 0. The summed E-state index contributed by atoms with van der Waals surface area (Å²) in [6, 6.07) is 6.36. The molecule has 0 atom stereocenters. The van der Waals surface area contributed by atoms with Crippen molar-refractivity contribution >= 4 is 5.78 Å². The predicted octanol–water partition coefficient (Wildman–Crippen LogP) is 4.74. The average molecular weight is 301 g/mol. The first-order valence-electron chi connectivity index (χ1n) is 8.74. The molecule has 2 nitrogen and oxygen atoms in total. The van der Waals surface area contributed by atoms with Crippen LogP contribution >= 0.6 is 0 Å². The van der Waals surface area contributed by atoms with Gasteiger partial charge in [-0.05, 0) is 55.5 Å². The molecule has 0 bridgehead atoms. The van der Waals surface area contributed by atoms with Crippen molar-refractivity contribution in [3.05, 3.63) is 34.9 Å². The second-order valence-corrected chi connectivity index (χ2v) is 7.71. The smallest absolute Gasteiger partial charge is 0.164 e. The van der Waals surface area contributed by atoms with Crippen LogP contribution in [-0.2, 0) is 5.41 Å². The molecule has 0 aromatic heterocycles. The Labute approximate surface area is 135 Å². The molecule has 1 saturated heterocycles. The van der Waals surface area contributed by atoms with Crippen molar-refractivity contribution in [3.8, 4) is 0 Å². The van der Waals surface area contributed by atoms with E-state index < -0.39 is 0 Å². The number of ketones is 1. The van der Waals surface area contributed by atoms with E-state index in [0.717, 1.165) is 30.8 Å². The molecule has 1 aromatic rings. The second-order valence-electron chi connectivity index (χ2n) is 7.71. The first-order chi connectivity index (χ1) is 10.4. The Hall–Kier alpha value is -1.15. The summed E-state index contributed by atoms with van der Waals surface area (Å²) < 4.78 is 0. The van der Waals surface area contributed by atoms with Gasteiger partial charge in [-0.2, -0.15) is 0 Å². The van der Waals surface area contributed by atoms with E-state index in [4.69, 9.17) is 0 Å². The van der Waals surface area contributed by atoms with Gasteiger partial charge in [0.2, 0.25) is 0 Å². The van der Waals surface area contributed by atoms with Crippen LogP contribution < -0.4 is 0 Å². The first-order valence-corrected chi connectivity index (χ1v) is 8.74. The van der Waals surface area contributed by atoms with Gasteiger partial charge in [-0.3, -0.25) is 4.79 Å². The fourth-order valence-corrected chi connectivity index (χ4v) is 3.14. The number of Topliss-reactive ketones (excluding diaryl/α,β-unsaturated/α-hetero) is 1. The van der Waals surface area contributed by atoms with Crippen LogP contribution in [0.5, 0.6) is 0 Å². The summed E-state index contributed by atoms with van der Waals surface area (Å²) in [4.78, 5) is 15.1. The van der Waals surface area contributed by atoms with Crippen molar-refractivity contribution in [2.75, 3.05) is 19.6 Å². The number of carbonyl (C=O) groups is 1. The van der Waals surface area contributed by atoms with Crippen molar-refractivity contribution in [1.29, 1.82) is 0 Å². The Morgan fingerprint density at radius 1 is 1.09 bits per heavy atom. The van der Waals surface area contributed by atoms with Crippen molar-refractivity contribution in [3.63, 3.8) is 0 Å². The quantitative estimate of drug-likeness (QED) is 0.749. The van der Waals surface area contributed by atoms with E-state index in [2.05, 4.69) is 43.9 Å². The molecule has 0 aliphatic carbocycles. The first kappa shape index (κ1) is 17.2. The molecule has 0 saturated carbocycles. The summed E-state index contributed by atoms with van der Waals surface area (Å²) in [5, 5.41) is 0. The van der Waals surface area contributed by atoms with Crippen LogP contribution in [0.25, 0.3) is 0 Å². The standard InChI is InChI=1S/C20H31NO/c1-16-9-10-17(20(2,3)4)15-18(16)19(22)11-14-21-12-7-5-6-8-13-21/h9-10,15H,5-8,11-14H2,1-4H3. The Morgan fingerprint density at radius 2 is 1.73 bits per heavy atom. The summed E-state index contributed by atoms with van der Waals surface area (Å²) in [5.74, 6) is 0.299. The Balaban J connectivity index is 2.02. The van der Waals surface area contributed by atoms with Gasteiger partial charge in [0.05, 0.1) is 0 Å². The van der Waals surface area contributed by atoms with Gasteiger partial charge in [-0.1, -0.05) is 45.7 Å². The van der Waals surface area contributed by atoms with Gasteiger partial charge in [0.15, 0.2) is 5.78 Å². The van der Waals surface area contributed by atoms with Crippen LogP contribution in [0.2, 0.25) is 0 Å². The number of aryl methyl sites for hydroxylation is 1. The number of hydrogen-bond donors (Lipinski definition) is 0. The molecule has 0 amide bonds. The minimum Gasteiger partial charge on any atom is -0.303 e. The minimum absolute atomic E-state index is 0.0908. The zero-order valence-electron chi connectivity index (χ0n) is 14.7. The lowest BCUT2D eigenvalue weighted by Gasteiger charge is -2.21. The lowest BCUT2D eigenvalue weighted by Crippen LogP contribution is -2.27. The van der Waals surface area contributed by atoms with Crippen LogP contribution in [-0.4, -0.2) is 30.3 Å². The molecule has 1 aromatic carbocycles. The number of rotatable bonds is 4. The maximum absolute atomic E-state index is 12.6. The highest BCUT2D eigenvalue weighted by Crippen LogP contribution is 2.25. The largest absolute Gasteiger partial charge is 0.303 e. The molecule has 1 fully saturated rings. The molecule has 1 aliphatic rings. The highest BCUT2D eigenvalue weighted by Gasteiger charge is 2.18. The maximum Gasteiger partial charge on any atom is 0.164 e. The van der Waals surface area contributed by atoms with Gasteiger partial charge in [-0.15, -0.1) is 0 Å². The van der Waals surface area contributed by atoms with E-state index in [1.165, 1.54) is 31.2 Å². The lowest BCUT2D eigenvalue weighted by molar-refractivity contribution is 0.0964. The topological polar surface area (TPSA) is 20.3 Å². The molecule has 1 aliphatic heterocycles. The van der Waals surface area contributed by atoms with Crippen molar-refractivity contribution < 1.29 is 4.79 Å². The molecule has 0 unspecified atom stereocenters. The zero-order chi connectivity index (χ0) is 16.2. The van der Waals surface area contributed by atoms with Gasteiger partial charge >= 0.3 is 0 Å². The number of carbonyl (C=O) groups excluding carboxylic acids is 1. The third kappa shape index (κ3) is 4.67. The van der Waals surface area contributed by atoms with Gasteiger partial charge in [0.1, 0.15) is 0 Å². The number of hydrogen-bond acceptors (Lipinski definition) is 2. The van der Waals surface area contributed by atoms with E-state index in [0.29, 0.717) is 12.2 Å². The molecule has 122 valence electrons. The van der Waals surface area contributed by atoms with Gasteiger partial charge < -0.3 is 4.90 Å². The number of benzene rings is 1. The number of likely N-dealkylation sites (tertiary alicyclic amines) is 1. The van der Waals surface area contributed by atoms with E-state index in [9.17, 15) is 4.79 Å². The monoisotopic (exact) mass is 301 g/mol. The van der Waals surface area contributed by atoms with Crippen molar-refractivity contribution in [2.24, 2.45) is 0 Å². The van der Waals surface area contributed by atoms with Gasteiger partial charge in [-0.25, -0.2) is 0 Å². The van der Waals surface area contributed by atoms with E-state index in [-0.39, 0.29) is 5.41 Å². The zero-order valence-corrected chi connectivity index (χ0v) is 14.7. The van der Waals surface area contributed by atoms with Crippen LogP contribution in [0, 0.1) is 6.92 Å². The molecule has 0 spiro atoms. The number of nitrogens with zero attached hydrogens (tertiary/aromatic N) is 1. The van der Waals surface area contributed by atoms with Crippen molar-refractivity contribution in [2.45, 2.75) is 65.2 Å². The summed E-state index contributed by atoms with van der Waals surface area (Å²) in [5.41, 5.74) is 3.36. The average Bonchev–Trinajstić information content (AvgIpc) is 2.72. The SMILES string of the molecule is Cc1ccc(C(C)(C)C)cc1C(=O)CCN1CCCCCC1. The fraction of sp³-hybridized carbons (Fsp3) is 0.650. The van der Waals surface area contributed by atoms with Crippen molar-refractivity contribution in [1.82, 2.24) is 4.90 Å². The molecule has 0 radical (unpaired) electrons. The Bertz CT molecular complexity index is 505. The van der Waals surface area contributed by atoms with Crippen LogP contribution in [0.15, 0.2) is 18.2 Å². The van der Waals surface area contributed by atoms with Gasteiger partial charge in [0, 0.05) is 18.5 Å². The predicted molar refractivity (Wildman–Crippen MR) is 93.7 cm³/mol. The van der Waals surface area contributed by atoms with Crippen LogP contribution in [0.4, 0.5) is 0 Å². The third-order valence-electron chi connectivity index (χ3n) is 4.76. The Kier molecular flexibility index (Phi) is 5.80. The summed E-state index contributed by atoms with van der Waals surface area (Å²) in [6.45, 7) is 11.9. The highest BCUT2D eigenvalue weighted by atomic mass is 16.1. The second kappa shape index (κ2) is 7.41. The molecule has 2 rings (SSSR count). The molecular weight excluding hydrogens is 270 g/mol. The minimum atomic E-state index is 0.0908. The molecular formula is C20H31NO. The van der Waals surface area contributed by atoms with E-state index in [1.54, 1.807) is 0 Å². The maximum atomic E-state index is 12.6. The highest BCUT2D eigenvalue weighted by molar-refractivity contribution is 5.97. The molecule has 22 heavy (non-hydrogen) atoms. The van der Waals surface area contributed by atoms with Crippen LogP contribution in [0.1, 0.15) is 74.4 Å². The summed E-state index contributed by atoms with van der Waals surface area (Å²) in [6.07, 6.45) is 5.91. The van der Waals surface area contributed by atoms with E-state index >= 15 is 0 Å². The molecule has 2 heteroatoms. The Morgan fingerprint density at radius 3 is 2.32 bits per heavy atom. The van der Waals surface area contributed by atoms with Gasteiger partial charge in [0.25, 0.3) is 0 Å². The third-order valence-corrected chi connectivity index (χ3v) is 4.76. The molecule has 1 heterocycles. The van der Waals surface area contributed by atoms with E-state index in [1.807, 2.05) is 6.92 Å².